The van der Waals surface area contributed by atoms with Crippen molar-refractivity contribution in [1.29, 1.82) is 0 Å². The fraction of sp³-hybridized carbons (Fsp3) is 0.348. The molecule has 1 N–H and O–H groups in total. The normalized spacial score (nSPS) is 20.0. The lowest BCUT2D eigenvalue weighted by atomic mass is 9.98. The molecule has 1 unspecified atom stereocenters. The van der Waals surface area contributed by atoms with E-state index in [9.17, 15) is 4.79 Å². The van der Waals surface area contributed by atoms with E-state index in [0.29, 0.717) is 12.5 Å². The molecule has 1 aromatic heterocycles. The Kier molecular flexibility index (Phi) is 4.53. The van der Waals surface area contributed by atoms with E-state index in [1.165, 1.54) is 5.56 Å². The number of carbonyl (C=O) groups excluding carboxylic acids is 1. The average Bonchev–Trinajstić information content (AvgIpc) is 3.16. The van der Waals surface area contributed by atoms with Crippen molar-refractivity contribution in [3.63, 3.8) is 0 Å². The minimum Gasteiger partial charge on any atom is -0.493 e. The second-order valence-corrected chi connectivity index (χ2v) is 7.64. The van der Waals surface area contributed by atoms with Gasteiger partial charge < -0.3 is 14.6 Å². The number of aromatic amines is 1. The highest BCUT2D eigenvalue weighted by molar-refractivity contribution is 5.88. The van der Waals surface area contributed by atoms with Crippen molar-refractivity contribution in [3.05, 3.63) is 65.9 Å². The van der Waals surface area contributed by atoms with Gasteiger partial charge in [0, 0.05) is 61.3 Å². The van der Waals surface area contributed by atoms with E-state index >= 15 is 0 Å². The number of hydrogen-bond donors (Lipinski definition) is 1. The topological polar surface area (TPSA) is 48.6 Å². The zero-order chi connectivity index (χ0) is 18.9. The van der Waals surface area contributed by atoms with Crippen LogP contribution in [-0.4, -0.2) is 53.5 Å². The summed E-state index contributed by atoms with van der Waals surface area (Å²) in [4.78, 5) is 20.7. The highest BCUT2D eigenvalue weighted by Crippen LogP contribution is 2.36. The number of rotatable bonds is 3. The maximum absolute atomic E-state index is 12.9. The van der Waals surface area contributed by atoms with Crippen molar-refractivity contribution in [2.45, 2.75) is 18.9 Å². The van der Waals surface area contributed by atoms with Crippen molar-refractivity contribution in [2.24, 2.45) is 0 Å². The lowest BCUT2D eigenvalue weighted by molar-refractivity contribution is -0.132. The molecule has 1 amide bonds. The van der Waals surface area contributed by atoms with E-state index < -0.39 is 0 Å². The van der Waals surface area contributed by atoms with Gasteiger partial charge in [-0.2, -0.15) is 0 Å². The van der Waals surface area contributed by atoms with Gasteiger partial charge in [-0.1, -0.05) is 36.4 Å². The Labute approximate surface area is 164 Å². The second kappa shape index (κ2) is 7.32. The van der Waals surface area contributed by atoms with Crippen molar-refractivity contribution >= 4 is 16.8 Å². The molecule has 0 aliphatic carbocycles. The van der Waals surface area contributed by atoms with Crippen molar-refractivity contribution in [3.8, 4) is 5.75 Å². The lowest BCUT2D eigenvalue weighted by Gasteiger charge is -2.41. The summed E-state index contributed by atoms with van der Waals surface area (Å²) in [5, 5.41) is 1.15. The van der Waals surface area contributed by atoms with Gasteiger partial charge in [0.2, 0.25) is 5.91 Å². The molecule has 1 atom stereocenters. The first-order chi connectivity index (χ1) is 13.8. The Bertz CT molecular complexity index is 988. The molecule has 0 saturated carbocycles. The number of fused-ring (bicyclic) bond motifs is 2. The van der Waals surface area contributed by atoms with Crippen LogP contribution in [-0.2, 0) is 11.2 Å². The van der Waals surface area contributed by atoms with Crippen LogP contribution in [0.5, 0.6) is 5.75 Å². The van der Waals surface area contributed by atoms with Crippen LogP contribution in [0.2, 0.25) is 0 Å². The van der Waals surface area contributed by atoms with Crippen LogP contribution in [0.25, 0.3) is 10.9 Å². The third kappa shape index (κ3) is 3.16. The van der Waals surface area contributed by atoms with Gasteiger partial charge in [-0.3, -0.25) is 9.69 Å². The zero-order valence-corrected chi connectivity index (χ0v) is 15.9. The molecule has 5 rings (SSSR count). The molecule has 1 saturated heterocycles. The summed E-state index contributed by atoms with van der Waals surface area (Å²) < 4.78 is 5.80. The summed E-state index contributed by atoms with van der Waals surface area (Å²) in [6, 6.07) is 16.9. The molecule has 2 aliphatic rings. The number of ether oxygens (including phenoxy) is 1. The maximum atomic E-state index is 12.9. The van der Waals surface area contributed by atoms with Crippen LogP contribution in [0.1, 0.15) is 23.6 Å². The average molecular weight is 375 g/mol. The molecule has 0 bridgehead atoms. The number of H-pyrrole nitrogens is 1. The molecule has 3 aromatic rings. The fourth-order valence-electron chi connectivity index (χ4n) is 4.54. The monoisotopic (exact) mass is 375 g/mol. The predicted molar refractivity (Wildman–Crippen MR) is 109 cm³/mol. The summed E-state index contributed by atoms with van der Waals surface area (Å²) in [6.07, 6.45) is 3.45. The van der Waals surface area contributed by atoms with Gasteiger partial charge >= 0.3 is 0 Å². The smallest absolute Gasteiger partial charge is 0.227 e. The Morgan fingerprint density at radius 1 is 1.04 bits per heavy atom. The largest absolute Gasteiger partial charge is 0.493 e. The molecule has 2 aliphatic heterocycles. The fourth-order valence-corrected chi connectivity index (χ4v) is 4.54. The number of carbonyl (C=O) groups is 1. The number of hydrogen-bond acceptors (Lipinski definition) is 3. The Morgan fingerprint density at radius 3 is 2.71 bits per heavy atom. The van der Waals surface area contributed by atoms with E-state index in [-0.39, 0.29) is 5.91 Å². The zero-order valence-electron chi connectivity index (χ0n) is 15.9. The van der Waals surface area contributed by atoms with Gasteiger partial charge in [0.15, 0.2) is 0 Å². The first-order valence-corrected chi connectivity index (χ1v) is 10.1. The van der Waals surface area contributed by atoms with Crippen LogP contribution >= 0.6 is 0 Å². The highest BCUT2D eigenvalue weighted by atomic mass is 16.5. The summed E-state index contributed by atoms with van der Waals surface area (Å²) in [7, 11) is 0. The van der Waals surface area contributed by atoms with Crippen molar-refractivity contribution < 1.29 is 9.53 Å². The maximum Gasteiger partial charge on any atom is 0.227 e. The van der Waals surface area contributed by atoms with E-state index in [4.69, 9.17) is 4.74 Å². The van der Waals surface area contributed by atoms with E-state index in [0.717, 1.165) is 61.4 Å². The Hall–Kier alpha value is -2.79. The van der Waals surface area contributed by atoms with Crippen LogP contribution in [0, 0.1) is 0 Å². The number of benzene rings is 2. The first-order valence-electron chi connectivity index (χ1n) is 10.1. The van der Waals surface area contributed by atoms with E-state index in [1.807, 2.05) is 35.4 Å². The molecule has 28 heavy (non-hydrogen) atoms. The molecule has 0 spiro atoms. The number of piperazine rings is 1. The number of para-hydroxylation sites is 2. The second-order valence-electron chi connectivity index (χ2n) is 7.64. The Balaban J connectivity index is 1.23. The number of nitrogens with zero attached hydrogens (tertiary/aromatic N) is 2. The molecular weight excluding hydrogens is 350 g/mol. The third-order valence-corrected chi connectivity index (χ3v) is 6.05. The molecule has 5 heteroatoms. The van der Waals surface area contributed by atoms with E-state index in [2.05, 4.69) is 34.1 Å². The van der Waals surface area contributed by atoms with Crippen molar-refractivity contribution in [2.75, 3.05) is 32.8 Å². The summed E-state index contributed by atoms with van der Waals surface area (Å²) in [6.45, 7) is 4.18. The predicted octanol–water partition coefficient (Wildman–Crippen LogP) is 3.38. The molecule has 1 fully saturated rings. The van der Waals surface area contributed by atoms with Gasteiger partial charge in [-0.05, 0) is 17.7 Å². The minimum absolute atomic E-state index is 0.219. The molecule has 5 nitrogen and oxygen atoms in total. The molecule has 0 radical (unpaired) electrons. The molecular formula is C23H25N3O2. The minimum atomic E-state index is 0.219. The number of nitrogens with one attached hydrogen (secondary N) is 1. The van der Waals surface area contributed by atoms with Gasteiger partial charge in [0.1, 0.15) is 5.75 Å². The first kappa shape index (κ1) is 17.3. The van der Waals surface area contributed by atoms with Crippen LogP contribution < -0.4 is 4.74 Å². The van der Waals surface area contributed by atoms with E-state index in [1.54, 1.807) is 0 Å². The molecule has 144 valence electrons. The number of amides is 1. The van der Waals surface area contributed by atoms with Gasteiger partial charge in [0.25, 0.3) is 0 Å². The van der Waals surface area contributed by atoms with Crippen LogP contribution in [0.3, 0.4) is 0 Å². The third-order valence-electron chi connectivity index (χ3n) is 6.05. The SMILES string of the molecule is O=C(Cc1c[nH]c2ccccc12)N1CCN(C2CCOc3ccccc32)CC1. The highest BCUT2D eigenvalue weighted by Gasteiger charge is 2.30. The lowest BCUT2D eigenvalue weighted by Crippen LogP contribution is -2.50. The van der Waals surface area contributed by atoms with Crippen LogP contribution in [0.4, 0.5) is 0 Å². The van der Waals surface area contributed by atoms with Crippen LogP contribution in [0.15, 0.2) is 54.7 Å². The Morgan fingerprint density at radius 2 is 1.82 bits per heavy atom. The summed E-state index contributed by atoms with van der Waals surface area (Å²) in [5.74, 6) is 1.23. The van der Waals surface area contributed by atoms with Gasteiger partial charge in [0.05, 0.1) is 13.0 Å². The standard InChI is InChI=1S/C23H25N3O2/c27-23(15-17-16-24-20-7-3-1-5-18(17)20)26-12-10-25(11-13-26)21-9-14-28-22-8-4-2-6-19(21)22/h1-8,16,21,24H,9-15H2. The van der Waals surface area contributed by atoms with Gasteiger partial charge in [-0.25, -0.2) is 0 Å². The molecule has 3 heterocycles. The molecule has 2 aromatic carbocycles. The quantitative estimate of drug-likeness (QED) is 0.764. The summed E-state index contributed by atoms with van der Waals surface area (Å²) >= 11 is 0. The van der Waals surface area contributed by atoms with Gasteiger partial charge in [-0.15, -0.1) is 0 Å². The van der Waals surface area contributed by atoms with Crippen molar-refractivity contribution in [1.82, 2.24) is 14.8 Å². The summed E-state index contributed by atoms with van der Waals surface area (Å²) in [5.41, 5.74) is 3.46. The number of aromatic nitrogens is 1.